The summed E-state index contributed by atoms with van der Waals surface area (Å²) in [5.41, 5.74) is 0.0117. The van der Waals surface area contributed by atoms with E-state index in [4.69, 9.17) is 16.3 Å². The van der Waals surface area contributed by atoms with Gasteiger partial charge in [0, 0.05) is 19.0 Å². The van der Waals surface area contributed by atoms with Gasteiger partial charge in [0.15, 0.2) is 0 Å². The van der Waals surface area contributed by atoms with Crippen LogP contribution in [0.2, 0.25) is 0 Å². The van der Waals surface area contributed by atoms with Crippen LogP contribution in [0.3, 0.4) is 0 Å². The van der Waals surface area contributed by atoms with Crippen LogP contribution in [-0.2, 0) is 4.74 Å². The second kappa shape index (κ2) is 5.34. The van der Waals surface area contributed by atoms with Crippen molar-refractivity contribution in [2.45, 2.75) is 44.1 Å². The Morgan fingerprint density at radius 1 is 1.36 bits per heavy atom. The molecule has 0 bridgehead atoms. The maximum Gasteiger partial charge on any atom is 0.0634 e. The highest BCUT2D eigenvalue weighted by molar-refractivity contribution is 6.20. The molecule has 1 aliphatic rings. The largest absolute Gasteiger partial charge is 0.379 e. The molecule has 0 radical (unpaired) electrons. The first-order valence-electron chi connectivity index (χ1n) is 5.45. The quantitative estimate of drug-likeness (QED) is 0.674. The van der Waals surface area contributed by atoms with E-state index < -0.39 is 0 Å². The molecule has 1 fully saturated rings. The number of methoxy groups -OCH3 is 1. The van der Waals surface area contributed by atoms with Crippen molar-refractivity contribution in [3.05, 3.63) is 0 Å². The molecule has 0 unspecified atom stereocenters. The molecular formula is C11H22ClNO. The van der Waals surface area contributed by atoms with Crippen molar-refractivity contribution in [1.29, 1.82) is 0 Å². The number of hydrogen-bond donors (Lipinski definition) is 0. The monoisotopic (exact) mass is 219 g/mol. The predicted octanol–water partition coefficient (Wildman–Crippen LogP) is 2.50. The van der Waals surface area contributed by atoms with Crippen LogP contribution < -0.4 is 0 Å². The Balaban J connectivity index is 2.19. The van der Waals surface area contributed by atoms with Crippen LogP contribution >= 0.6 is 11.6 Å². The first-order chi connectivity index (χ1) is 6.53. The zero-order valence-electron chi connectivity index (χ0n) is 9.55. The normalized spacial score (nSPS) is 21.4. The lowest BCUT2D eigenvalue weighted by atomic mass is 10.0. The number of nitrogens with zero attached hydrogens (tertiary/aromatic N) is 1. The van der Waals surface area contributed by atoms with Crippen LogP contribution in [0.5, 0.6) is 0 Å². The highest BCUT2D eigenvalue weighted by atomic mass is 35.5. The molecule has 1 aliphatic heterocycles. The Bertz CT molecular complexity index is 165. The summed E-state index contributed by atoms with van der Waals surface area (Å²) in [6.45, 7) is 7.70. The van der Waals surface area contributed by atoms with Gasteiger partial charge in [-0.05, 0) is 46.2 Å². The Morgan fingerprint density at radius 3 is 2.43 bits per heavy atom. The van der Waals surface area contributed by atoms with Crippen molar-refractivity contribution in [3.63, 3.8) is 0 Å². The predicted molar refractivity (Wildman–Crippen MR) is 61.0 cm³/mol. The number of halogens is 1. The van der Waals surface area contributed by atoms with E-state index in [9.17, 15) is 0 Å². The van der Waals surface area contributed by atoms with Gasteiger partial charge in [-0.1, -0.05) is 0 Å². The number of likely N-dealkylation sites (tertiary alicyclic amines) is 1. The molecule has 0 aromatic rings. The molecule has 0 aromatic carbocycles. The van der Waals surface area contributed by atoms with E-state index in [1.807, 2.05) is 0 Å². The molecule has 0 spiro atoms. The summed E-state index contributed by atoms with van der Waals surface area (Å²) in [6, 6.07) is 0. The highest BCUT2D eigenvalue weighted by Gasteiger charge is 2.21. The molecule has 1 heterocycles. The first kappa shape index (κ1) is 12.3. The molecule has 0 aliphatic carbocycles. The summed E-state index contributed by atoms with van der Waals surface area (Å²) >= 11 is 6.05. The summed E-state index contributed by atoms with van der Waals surface area (Å²) in [6.07, 6.45) is 3.36. The SMILES string of the molecule is COC(C)(C)CCN1CCC(Cl)CC1. The molecule has 14 heavy (non-hydrogen) atoms. The topological polar surface area (TPSA) is 12.5 Å². The maximum atomic E-state index is 6.05. The molecule has 0 saturated carbocycles. The number of hydrogen-bond acceptors (Lipinski definition) is 2. The van der Waals surface area contributed by atoms with E-state index in [0.717, 1.165) is 38.9 Å². The van der Waals surface area contributed by atoms with Gasteiger partial charge in [-0.3, -0.25) is 0 Å². The van der Waals surface area contributed by atoms with Crippen LogP contribution in [0.1, 0.15) is 33.1 Å². The second-order valence-electron chi connectivity index (χ2n) is 4.73. The van der Waals surface area contributed by atoms with Gasteiger partial charge in [0.05, 0.1) is 5.60 Å². The Labute approximate surface area is 92.6 Å². The molecule has 2 nitrogen and oxygen atoms in total. The maximum absolute atomic E-state index is 6.05. The smallest absolute Gasteiger partial charge is 0.0634 e. The highest BCUT2D eigenvalue weighted by Crippen LogP contribution is 2.18. The summed E-state index contributed by atoms with van der Waals surface area (Å²) in [4.78, 5) is 2.49. The zero-order valence-corrected chi connectivity index (χ0v) is 10.3. The average Bonchev–Trinajstić information content (AvgIpc) is 2.17. The minimum atomic E-state index is 0.0117. The van der Waals surface area contributed by atoms with Crippen molar-refractivity contribution < 1.29 is 4.74 Å². The molecule has 0 aromatic heterocycles. The van der Waals surface area contributed by atoms with Gasteiger partial charge in [-0.15, -0.1) is 11.6 Å². The van der Waals surface area contributed by atoms with Crippen molar-refractivity contribution in [2.24, 2.45) is 0 Å². The van der Waals surface area contributed by atoms with Gasteiger partial charge in [0.2, 0.25) is 0 Å². The van der Waals surface area contributed by atoms with Crippen LogP contribution in [0.15, 0.2) is 0 Å². The summed E-state index contributed by atoms with van der Waals surface area (Å²) in [5.74, 6) is 0. The summed E-state index contributed by atoms with van der Waals surface area (Å²) < 4.78 is 5.40. The van der Waals surface area contributed by atoms with Crippen LogP contribution in [-0.4, -0.2) is 42.6 Å². The molecule has 1 saturated heterocycles. The fraction of sp³-hybridized carbons (Fsp3) is 1.00. The van der Waals surface area contributed by atoms with Crippen molar-refractivity contribution in [2.75, 3.05) is 26.7 Å². The van der Waals surface area contributed by atoms with E-state index >= 15 is 0 Å². The Morgan fingerprint density at radius 2 is 1.93 bits per heavy atom. The van der Waals surface area contributed by atoms with E-state index in [-0.39, 0.29) is 5.60 Å². The summed E-state index contributed by atoms with van der Waals surface area (Å²) in [5, 5.41) is 0.404. The fourth-order valence-corrected chi connectivity index (χ4v) is 1.85. The lowest BCUT2D eigenvalue weighted by Crippen LogP contribution is -2.38. The number of piperidine rings is 1. The molecular weight excluding hydrogens is 198 g/mol. The molecule has 84 valence electrons. The average molecular weight is 220 g/mol. The van der Waals surface area contributed by atoms with Crippen molar-refractivity contribution in [1.82, 2.24) is 4.90 Å². The van der Waals surface area contributed by atoms with Gasteiger partial charge >= 0.3 is 0 Å². The number of rotatable bonds is 4. The molecule has 3 heteroatoms. The third-order valence-electron chi connectivity index (χ3n) is 3.10. The lowest BCUT2D eigenvalue weighted by molar-refractivity contribution is 0.00622. The van der Waals surface area contributed by atoms with E-state index in [1.165, 1.54) is 0 Å². The minimum Gasteiger partial charge on any atom is -0.379 e. The molecule has 1 rings (SSSR count). The second-order valence-corrected chi connectivity index (χ2v) is 5.35. The number of ether oxygens (including phenoxy) is 1. The fourth-order valence-electron chi connectivity index (χ4n) is 1.65. The lowest BCUT2D eigenvalue weighted by Gasteiger charge is -2.32. The zero-order chi connectivity index (χ0) is 10.6. The van der Waals surface area contributed by atoms with Gasteiger partial charge in [0.25, 0.3) is 0 Å². The molecule has 0 N–H and O–H groups in total. The third kappa shape index (κ3) is 4.16. The standard InChI is InChI=1S/C11H22ClNO/c1-11(2,14-3)6-9-13-7-4-10(12)5-8-13/h10H,4-9H2,1-3H3. The van der Waals surface area contributed by atoms with E-state index in [0.29, 0.717) is 5.38 Å². The molecule has 0 amide bonds. The van der Waals surface area contributed by atoms with Crippen LogP contribution in [0, 0.1) is 0 Å². The first-order valence-corrected chi connectivity index (χ1v) is 5.89. The van der Waals surface area contributed by atoms with Gasteiger partial charge < -0.3 is 9.64 Å². The van der Waals surface area contributed by atoms with E-state index in [2.05, 4.69) is 18.7 Å². The van der Waals surface area contributed by atoms with Gasteiger partial charge in [-0.25, -0.2) is 0 Å². The molecule has 0 atom stereocenters. The van der Waals surface area contributed by atoms with Crippen LogP contribution in [0.4, 0.5) is 0 Å². The number of alkyl halides is 1. The van der Waals surface area contributed by atoms with Gasteiger partial charge in [0.1, 0.15) is 0 Å². The van der Waals surface area contributed by atoms with Gasteiger partial charge in [-0.2, -0.15) is 0 Å². The Hall–Kier alpha value is 0.210. The van der Waals surface area contributed by atoms with Crippen molar-refractivity contribution in [3.8, 4) is 0 Å². The van der Waals surface area contributed by atoms with E-state index in [1.54, 1.807) is 7.11 Å². The van der Waals surface area contributed by atoms with Crippen LogP contribution in [0.25, 0.3) is 0 Å². The summed E-state index contributed by atoms with van der Waals surface area (Å²) in [7, 11) is 1.78. The third-order valence-corrected chi connectivity index (χ3v) is 3.54. The van der Waals surface area contributed by atoms with Crippen molar-refractivity contribution >= 4 is 11.6 Å². The Kier molecular flexibility index (Phi) is 4.68. The minimum absolute atomic E-state index is 0.0117.